The summed E-state index contributed by atoms with van der Waals surface area (Å²) in [6, 6.07) is -0.201. The number of aliphatic hydroxyl groups is 1. The van der Waals surface area contributed by atoms with Crippen LogP contribution in [-0.2, 0) is 11.4 Å². The quantitative estimate of drug-likeness (QED) is 0.688. The van der Waals surface area contributed by atoms with Crippen LogP contribution >= 0.6 is 0 Å². The average Bonchev–Trinajstić information content (AvgIpc) is 2.66. The standard InChI is InChI=1S/C9H13N3O2/c13-5-7-4-10-6-12(7)8-2-1-3-11-9(8)14/h4,6,8,13H,1-3,5H2,(H,11,14). The first-order valence-corrected chi connectivity index (χ1v) is 4.72. The van der Waals surface area contributed by atoms with Gasteiger partial charge in [0.15, 0.2) is 0 Å². The van der Waals surface area contributed by atoms with Gasteiger partial charge in [-0.3, -0.25) is 4.79 Å². The van der Waals surface area contributed by atoms with E-state index < -0.39 is 0 Å². The Morgan fingerprint density at radius 3 is 3.29 bits per heavy atom. The van der Waals surface area contributed by atoms with E-state index in [1.165, 1.54) is 0 Å². The predicted molar refractivity (Wildman–Crippen MR) is 49.4 cm³/mol. The van der Waals surface area contributed by atoms with Crippen LogP contribution in [-0.4, -0.2) is 27.1 Å². The van der Waals surface area contributed by atoms with Crippen molar-refractivity contribution >= 4 is 5.91 Å². The highest BCUT2D eigenvalue weighted by Crippen LogP contribution is 2.19. The molecule has 1 aromatic heterocycles. The first-order valence-electron chi connectivity index (χ1n) is 4.72. The number of hydrogen-bond acceptors (Lipinski definition) is 3. The SMILES string of the molecule is O=C1NCCCC1n1cncc1CO. The van der Waals surface area contributed by atoms with Crippen molar-refractivity contribution in [3.05, 3.63) is 18.2 Å². The van der Waals surface area contributed by atoms with Gasteiger partial charge in [0.05, 0.1) is 24.8 Å². The molecule has 0 radical (unpaired) electrons. The van der Waals surface area contributed by atoms with Gasteiger partial charge < -0.3 is 15.0 Å². The lowest BCUT2D eigenvalue weighted by Crippen LogP contribution is -2.38. The Kier molecular flexibility index (Phi) is 2.49. The van der Waals surface area contributed by atoms with Gasteiger partial charge >= 0.3 is 0 Å². The highest BCUT2D eigenvalue weighted by Gasteiger charge is 2.24. The molecule has 1 fully saturated rings. The van der Waals surface area contributed by atoms with E-state index in [-0.39, 0.29) is 18.6 Å². The summed E-state index contributed by atoms with van der Waals surface area (Å²) in [4.78, 5) is 15.4. The molecule has 2 rings (SSSR count). The molecule has 0 aromatic carbocycles. The topological polar surface area (TPSA) is 67.2 Å². The minimum Gasteiger partial charge on any atom is -0.390 e. The highest BCUT2D eigenvalue weighted by atomic mass is 16.3. The smallest absolute Gasteiger partial charge is 0.243 e. The second kappa shape index (κ2) is 3.79. The Hall–Kier alpha value is -1.36. The van der Waals surface area contributed by atoms with Gasteiger partial charge in [0.25, 0.3) is 0 Å². The summed E-state index contributed by atoms with van der Waals surface area (Å²) < 4.78 is 1.74. The molecule has 1 aromatic rings. The van der Waals surface area contributed by atoms with E-state index in [1.807, 2.05) is 0 Å². The Labute approximate surface area is 81.8 Å². The monoisotopic (exact) mass is 195 g/mol. The second-order valence-corrected chi connectivity index (χ2v) is 3.40. The van der Waals surface area contributed by atoms with Gasteiger partial charge in [0.2, 0.25) is 5.91 Å². The molecule has 5 nitrogen and oxygen atoms in total. The lowest BCUT2D eigenvalue weighted by atomic mass is 10.1. The largest absolute Gasteiger partial charge is 0.390 e. The van der Waals surface area contributed by atoms with Gasteiger partial charge in [-0.2, -0.15) is 0 Å². The molecule has 2 N–H and O–H groups in total. The molecule has 0 aliphatic carbocycles. The number of aliphatic hydroxyl groups excluding tert-OH is 1. The van der Waals surface area contributed by atoms with E-state index in [9.17, 15) is 4.79 Å². The second-order valence-electron chi connectivity index (χ2n) is 3.40. The van der Waals surface area contributed by atoms with Crippen LogP contribution in [0.3, 0.4) is 0 Å². The fraction of sp³-hybridized carbons (Fsp3) is 0.556. The zero-order valence-corrected chi connectivity index (χ0v) is 7.81. The number of amides is 1. The summed E-state index contributed by atoms with van der Waals surface area (Å²) in [6.45, 7) is 0.669. The number of rotatable bonds is 2. The molecule has 14 heavy (non-hydrogen) atoms. The molecule has 1 unspecified atom stereocenters. The molecule has 5 heteroatoms. The van der Waals surface area contributed by atoms with Crippen molar-refractivity contribution in [1.29, 1.82) is 0 Å². The summed E-state index contributed by atoms with van der Waals surface area (Å²) in [5.41, 5.74) is 0.687. The predicted octanol–water partition coefficient (Wildman–Crippen LogP) is -0.174. The van der Waals surface area contributed by atoms with E-state index in [4.69, 9.17) is 5.11 Å². The summed E-state index contributed by atoms with van der Waals surface area (Å²) in [5, 5.41) is 11.8. The number of carbonyl (C=O) groups is 1. The summed E-state index contributed by atoms with van der Waals surface area (Å²) >= 11 is 0. The van der Waals surface area contributed by atoms with E-state index >= 15 is 0 Å². The normalized spacial score (nSPS) is 22.1. The lowest BCUT2D eigenvalue weighted by molar-refractivity contribution is -0.125. The van der Waals surface area contributed by atoms with Gasteiger partial charge in [0.1, 0.15) is 6.04 Å². The number of hydrogen-bond donors (Lipinski definition) is 2. The zero-order chi connectivity index (χ0) is 9.97. The van der Waals surface area contributed by atoms with Gasteiger partial charge in [0, 0.05) is 6.54 Å². The van der Waals surface area contributed by atoms with Crippen LogP contribution < -0.4 is 5.32 Å². The minimum atomic E-state index is -0.201. The van der Waals surface area contributed by atoms with Crippen molar-refractivity contribution in [1.82, 2.24) is 14.9 Å². The van der Waals surface area contributed by atoms with Crippen molar-refractivity contribution in [3.63, 3.8) is 0 Å². The Morgan fingerprint density at radius 1 is 1.71 bits per heavy atom. The number of carbonyl (C=O) groups excluding carboxylic acids is 1. The average molecular weight is 195 g/mol. The molecule has 2 heterocycles. The molecular weight excluding hydrogens is 182 g/mol. The third kappa shape index (κ3) is 1.50. The number of nitrogens with zero attached hydrogens (tertiary/aromatic N) is 2. The van der Waals surface area contributed by atoms with Gasteiger partial charge in [-0.1, -0.05) is 0 Å². The molecule has 1 aliphatic rings. The van der Waals surface area contributed by atoms with Gasteiger partial charge in [-0.05, 0) is 12.8 Å². The Bertz CT molecular complexity index is 335. The minimum absolute atomic E-state index is 0.0175. The highest BCUT2D eigenvalue weighted by molar-refractivity contribution is 5.81. The van der Waals surface area contributed by atoms with E-state index in [1.54, 1.807) is 17.1 Å². The summed E-state index contributed by atoms with van der Waals surface area (Å²) in [5.74, 6) is 0.0175. The molecule has 1 aliphatic heterocycles. The molecule has 1 amide bonds. The van der Waals surface area contributed by atoms with E-state index in [0.29, 0.717) is 5.69 Å². The first-order chi connectivity index (χ1) is 6.83. The van der Waals surface area contributed by atoms with Crippen molar-refractivity contribution < 1.29 is 9.90 Å². The fourth-order valence-electron chi connectivity index (χ4n) is 1.76. The van der Waals surface area contributed by atoms with Crippen LogP contribution in [0.2, 0.25) is 0 Å². The number of aromatic nitrogens is 2. The van der Waals surface area contributed by atoms with E-state index in [0.717, 1.165) is 19.4 Å². The van der Waals surface area contributed by atoms with Crippen molar-refractivity contribution in [2.24, 2.45) is 0 Å². The van der Waals surface area contributed by atoms with Crippen LogP contribution in [0, 0.1) is 0 Å². The van der Waals surface area contributed by atoms with Crippen molar-refractivity contribution in [3.8, 4) is 0 Å². The Balaban J connectivity index is 2.24. The van der Waals surface area contributed by atoms with E-state index in [2.05, 4.69) is 10.3 Å². The van der Waals surface area contributed by atoms with Crippen LogP contribution in [0.15, 0.2) is 12.5 Å². The van der Waals surface area contributed by atoms with Crippen LogP contribution in [0.1, 0.15) is 24.6 Å². The fourth-order valence-corrected chi connectivity index (χ4v) is 1.76. The number of imidazole rings is 1. The molecule has 0 spiro atoms. The molecule has 0 bridgehead atoms. The summed E-state index contributed by atoms with van der Waals surface area (Å²) in [7, 11) is 0. The third-order valence-electron chi connectivity index (χ3n) is 2.50. The third-order valence-corrected chi connectivity index (χ3v) is 2.50. The van der Waals surface area contributed by atoms with Crippen LogP contribution in [0.25, 0.3) is 0 Å². The maximum Gasteiger partial charge on any atom is 0.243 e. The number of nitrogens with one attached hydrogen (secondary N) is 1. The van der Waals surface area contributed by atoms with Crippen molar-refractivity contribution in [2.75, 3.05) is 6.54 Å². The molecule has 1 atom stereocenters. The zero-order valence-electron chi connectivity index (χ0n) is 7.81. The first kappa shape index (κ1) is 9.21. The molecule has 0 saturated carbocycles. The maximum atomic E-state index is 11.5. The maximum absolute atomic E-state index is 11.5. The van der Waals surface area contributed by atoms with Crippen LogP contribution in [0.4, 0.5) is 0 Å². The van der Waals surface area contributed by atoms with Gasteiger partial charge in [-0.15, -0.1) is 0 Å². The number of piperidine rings is 1. The molecular formula is C9H13N3O2. The Morgan fingerprint density at radius 2 is 2.57 bits per heavy atom. The van der Waals surface area contributed by atoms with Gasteiger partial charge in [-0.25, -0.2) is 4.98 Å². The van der Waals surface area contributed by atoms with Crippen molar-refractivity contribution in [2.45, 2.75) is 25.5 Å². The molecule has 1 saturated heterocycles. The lowest BCUT2D eigenvalue weighted by Gasteiger charge is -2.24. The molecule has 76 valence electrons. The summed E-state index contributed by atoms with van der Waals surface area (Å²) in [6.07, 6.45) is 4.97. The van der Waals surface area contributed by atoms with Crippen LogP contribution in [0.5, 0.6) is 0 Å².